The lowest BCUT2D eigenvalue weighted by atomic mass is 10.1. The number of carbonyl (C=O) groups is 1. The van der Waals surface area contributed by atoms with Crippen molar-refractivity contribution in [2.24, 2.45) is 0 Å². The van der Waals surface area contributed by atoms with Crippen LogP contribution in [0.1, 0.15) is 26.2 Å². The highest BCUT2D eigenvalue weighted by molar-refractivity contribution is 6.33. The van der Waals surface area contributed by atoms with Crippen LogP contribution >= 0.6 is 23.2 Å². The fraction of sp³-hybridized carbons (Fsp3) is 0.500. The molecular weight excluding hydrogens is 265 g/mol. The van der Waals surface area contributed by atoms with Crippen molar-refractivity contribution in [3.05, 3.63) is 16.4 Å². The second-order valence-electron chi connectivity index (χ2n) is 3.55. The minimum Gasteiger partial charge on any atom is -0.480 e. The van der Waals surface area contributed by atoms with Crippen LogP contribution in [-0.2, 0) is 4.79 Å². The minimum atomic E-state index is -0.928. The molecule has 17 heavy (non-hydrogen) atoms. The third-order valence-electron chi connectivity index (χ3n) is 2.19. The molecule has 0 aliphatic heterocycles. The van der Waals surface area contributed by atoms with Gasteiger partial charge >= 0.3 is 5.97 Å². The van der Waals surface area contributed by atoms with Gasteiger partial charge < -0.3 is 10.4 Å². The molecular formula is C10H13Cl2N3O2. The number of aliphatic carboxylic acids is 1. The van der Waals surface area contributed by atoms with Crippen molar-refractivity contribution >= 4 is 34.9 Å². The van der Waals surface area contributed by atoms with Crippen LogP contribution in [0.4, 0.5) is 5.69 Å². The molecule has 5 nitrogen and oxygen atoms in total. The van der Waals surface area contributed by atoms with Gasteiger partial charge in [-0.05, 0) is 6.42 Å². The van der Waals surface area contributed by atoms with Gasteiger partial charge in [-0.25, -0.2) is 4.79 Å². The molecule has 0 radical (unpaired) electrons. The van der Waals surface area contributed by atoms with Crippen LogP contribution in [0.25, 0.3) is 0 Å². The van der Waals surface area contributed by atoms with Gasteiger partial charge in [0.05, 0.1) is 5.69 Å². The highest BCUT2D eigenvalue weighted by Gasteiger charge is 2.18. The molecule has 0 aliphatic carbocycles. The Morgan fingerprint density at radius 3 is 2.82 bits per heavy atom. The minimum absolute atomic E-state index is 0.108. The lowest BCUT2D eigenvalue weighted by Crippen LogP contribution is -2.29. The van der Waals surface area contributed by atoms with Crippen molar-refractivity contribution in [3.8, 4) is 0 Å². The third-order valence-corrected chi connectivity index (χ3v) is 2.66. The van der Waals surface area contributed by atoms with Gasteiger partial charge in [-0.2, -0.15) is 0 Å². The summed E-state index contributed by atoms with van der Waals surface area (Å²) in [5, 5.41) is 19.3. The van der Waals surface area contributed by atoms with Gasteiger partial charge in [0.15, 0.2) is 10.3 Å². The Balaban J connectivity index is 2.78. The van der Waals surface area contributed by atoms with E-state index < -0.39 is 12.0 Å². The van der Waals surface area contributed by atoms with Crippen LogP contribution < -0.4 is 5.32 Å². The fourth-order valence-electron chi connectivity index (χ4n) is 1.31. The summed E-state index contributed by atoms with van der Waals surface area (Å²) in [6.07, 6.45) is 2.25. The Morgan fingerprint density at radius 2 is 2.24 bits per heavy atom. The highest BCUT2D eigenvalue weighted by atomic mass is 35.5. The Kier molecular flexibility index (Phi) is 5.44. The molecule has 0 aliphatic rings. The van der Waals surface area contributed by atoms with Gasteiger partial charge in [-0.1, -0.05) is 43.0 Å². The van der Waals surface area contributed by atoms with Gasteiger partial charge in [-0.3, -0.25) is 0 Å². The maximum absolute atomic E-state index is 11.0. The molecule has 0 fully saturated rings. The molecule has 0 spiro atoms. The molecule has 94 valence electrons. The quantitative estimate of drug-likeness (QED) is 0.836. The topological polar surface area (TPSA) is 75.1 Å². The number of hydrogen-bond acceptors (Lipinski definition) is 4. The average Bonchev–Trinajstić information content (AvgIpc) is 2.28. The zero-order chi connectivity index (χ0) is 12.8. The van der Waals surface area contributed by atoms with Crippen LogP contribution in [0.15, 0.2) is 6.07 Å². The smallest absolute Gasteiger partial charge is 0.326 e. The van der Waals surface area contributed by atoms with E-state index in [1.54, 1.807) is 0 Å². The zero-order valence-corrected chi connectivity index (χ0v) is 10.8. The second-order valence-corrected chi connectivity index (χ2v) is 4.29. The van der Waals surface area contributed by atoms with E-state index >= 15 is 0 Å². The number of aromatic nitrogens is 2. The Morgan fingerprint density at radius 1 is 1.53 bits per heavy atom. The van der Waals surface area contributed by atoms with Gasteiger partial charge in [0, 0.05) is 6.07 Å². The predicted molar refractivity (Wildman–Crippen MR) is 66.6 cm³/mol. The van der Waals surface area contributed by atoms with Crippen molar-refractivity contribution in [1.82, 2.24) is 10.2 Å². The first kappa shape index (κ1) is 14.0. The van der Waals surface area contributed by atoms with Crippen LogP contribution in [-0.4, -0.2) is 27.3 Å². The molecule has 1 atom stereocenters. The van der Waals surface area contributed by atoms with Crippen molar-refractivity contribution in [2.45, 2.75) is 32.2 Å². The molecule has 0 amide bonds. The molecule has 7 heteroatoms. The van der Waals surface area contributed by atoms with Crippen LogP contribution in [0.3, 0.4) is 0 Å². The first-order valence-corrected chi connectivity index (χ1v) is 5.98. The van der Waals surface area contributed by atoms with E-state index in [9.17, 15) is 4.79 Å². The average molecular weight is 278 g/mol. The van der Waals surface area contributed by atoms with Crippen LogP contribution in [0, 0.1) is 0 Å². The summed E-state index contributed by atoms with van der Waals surface area (Å²) in [5.41, 5.74) is 0.384. The SMILES string of the molecule is CCCCC(Nc1cc(Cl)nnc1Cl)C(=O)O. The van der Waals surface area contributed by atoms with E-state index in [0.717, 1.165) is 12.8 Å². The van der Waals surface area contributed by atoms with Gasteiger partial charge in [0.25, 0.3) is 0 Å². The molecule has 1 aromatic heterocycles. The van der Waals surface area contributed by atoms with Gasteiger partial charge in [0.2, 0.25) is 0 Å². The van der Waals surface area contributed by atoms with Gasteiger partial charge in [0.1, 0.15) is 6.04 Å². The zero-order valence-electron chi connectivity index (χ0n) is 9.28. The van der Waals surface area contributed by atoms with E-state index in [-0.39, 0.29) is 10.3 Å². The molecule has 0 bridgehead atoms. The second kappa shape index (κ2) is 6.61. The van der Waals surface area contributed by atoms with E-state index in [4.69, 9.17) is 28.3 Å². The van der Waals surface area contributed by atoms with Crippen LogP contribution in [0.2, 0.25) is 10.3 Å². The van der Waals surface area contributed by atoms with E-state index in [0.29, 0.717) is 12.1 Å². The molecule has 0 saturated heterocycles. The maximum atomic E-state index is 11.0. The molecule has 1 unspecified atom stereocenters. The summed E-state index contributed by atoms with van der Waals surface area (Å²) in [5.74, 6) is -0.928. The number of nitrogens with zero attached hydrogens (tertiary/aromatic N) is 2. The van der Waals surface area contributed by atoms with Crippen molar-refractivity contribution in [1.29, 1.82) is 0 Å². The first-order chi connectivity index (χ1) is 8.04. The highest BCUT2D eigenvalue weighted by Crippen LogP contribution is 2.22. The number of carboxylic acids is 1. The lowest BCUT2D eigenvalue weighted by molar-refractivity contribution is -0.138. The number of carboxylic acid groups (broad SMARTS) is 1. The molecule has 1 aromatic rings. The molecule has 1 heterocycles. The Hall–Kier alpha value is -1.07. The monoisotopic (exact) mass is 277 g/mol. The largest absolute Gasteiger partial charge is 0.480 e. The van der Waals surface area contributed by atoms with Gasteiger partial charge in [-0.15, -0.1) is 10.2 Å². The predicted octanol–water partition coefficient (Wildman–Crippen LogP) is 2.84. The number of hydrogen-bond donors (Lipinski definition) is 2. The summed E-state index contributed by atoms with van der Waals surface area (Å²) >= 11 is 11.5. The van der Waals surface area contributed by atoms with Crippen molar-refractivity contribution in [3.63, 3.8) is 0 Å². The standard InChI is InChI=1S/C10H13Cl2N3O2/c1-2-3-4-6(10(16)17)13-7-5-8(11)14-15-9(7)12/h5-6H,2-4H2,1H3,(H,13,14)(H,16,17). The maximum Gasteiger partial charge on any atom is 0.326 e. The summed E-state index contributed by atoms with van der Waals surface area (Å²) in [4.78, 5) is 11.0. The summed E-state index contributed by atoms with van der Waals surface area (Å²) in [7, 11) is 0. The number of anilines is 1. The number of halogens is 2. The van der Waals surface area contributed by atoms with Crippen molar-refractivity contribution in [2.75, 3.05) is 5.32 Å². The lowest BCUT2D eigenvalue weighted by Gasteiger charge is -2.15. The number of rotatable bonds is 6. The van der Waals surface area contributed by atoms with E-state index in [1.165, 1.54) is 6.07 Å². The summed E-state index contributed by atoms with van der Waals surface area (Å²) in [6.45, 7) is 2.00. The Labute approximate surface area is 109 Å². The number of nitrogens with one attached hydrogen (secondary N) is 1. The molecule has 0 aromatic carbocycles. The molecule has 1 rings (SSSR count). The Bertz CT molecular complexity index is 401. The van der Waals surface area contributed by atoms with Crippen LogP contribution in [0.5, 0.6) is 0 Å². The fourth-order valence-corrected chi connectivity index (χ4v) is 1.60. The third kappa shape index (κ3) is 4.36. The van der Waals surface area contributed by atoms with Crippen molar-refractivity contribution < 1.29 is 9.90 Å². The molecule has 0 saturated carbocycles. The van der Waals surface area contributed by atoms with E-state index in [2.05, 4.69) is 15.5 Å². The first-order valence-electron chi connectivity index (χ1n) is 5.22. The normalized spacial score (nSPS) is 12.2. The number of unbranched alkanes of at least 4 members (excludes halogenated alkanes) is 1. The molecule has 2 N–H and O–H groups in total. The summed E-state index contributed by atoms with van der Waals surface area (Å²) < 4.78 is 0. The summed E-state index contributed by atoms with van der Waals surface area (Å²) in [6, 6.07) is 0.756. The van der Waals surface area contributed by atoms with E-state index in [1.807, 2.05) is 6.92 Å².